The number of hydrogen-bond donors (Lipinski definition) is 1. The summed E-state index contributed by atoms with van der Waals surface area (Å²) in [6.07, 6.45) is 1.53. The Hall–Kier alpha value is -0.860. The number of rotatable bonds is 3. The van der Waals surface area contributed by atoms with Gasteiger partial charge in [0.2, 0.25) is 0 Å². The van der Waals surface area contributed by atoms with E-state index in [1.807, 2.05) is 6.92 Å². The van der Waals surface area contributed by atoms with Crippen molar-refractivity contribution in [2.75, 3.05) is 4.72 Å². The van der Waals surface area contributed by atoms with Crippen LogP contribution in [-0.4, -0.2) is 18.2 Å². The smallest absolute Gasteiger partial charge is 0.264 e. The standard InChI is InChI=1S/C11H11Br2N3O2S/c1-7-5-9(13)10(6-8(7)12)19(17,18)15-11-3-4-14-16(11)2/h3-6,15H,1-2H3. The van der Waals surface area contributed by atoms with Crippen molar-refractivity contribution in [3.05, 3.63) is 38.9 Å². The highest BCUT2D eigenvalue weighted by atomic mass is 79.9. The summed E-state index contributed by atoms with van der Waals surface area (Å²) in [6.45, 7) is 1.89. The van der Waals surface area contributed by atoms with E-state index in [2.05, 4.69) is 41.7 Å². The molecule has 102 valence electrons. The molecule has 1 aromatic carbocycles. The first-order valence-corrected chi connectivity index (χ1v) is 8.34. The van der Waals surface area contributed by atoms with Crippen molar-refractivity contribution in [2.24, 2.45) is 7.05 Å². The van der Waals surface area contributed by atoms with Crippen LogP contribution in [0.4, 0.5) is 5.82 Å². The summed E-state index contributed by atoms with van der Waals surface area (Å²) in [7, 11) is -2.00. The van der Waals surface area contributed by atoms with Crippen LogP contribution < -0.4 is 4.72 Å². The van der Waals surface area contributed by atoms with Crippen LogP contribution in [0.5, 0.6) is 0 Å². The lowest BCUT2D eigenvalue weighted by molar-refractivity contribution is 0.599. The molecule has 0 spiro atoms. The van der Waals surface area contributed by atoms with E-state index in [9.17, 15) is 8.42 Å². The molecule has 8 heteroatoms. The molecule has 0 bridgehead atoms. The average molecular weight is 409 g/mol. The predicted molar refractivity (Wildman–Crippen MR) is 80.6 cm³/mol. The Balaban J connectivity index is 2.46. The van der Waals surface area contributed by atoms with E-state index in [1.54, 1.807) is 25.2 Å². The molecule has 1 aromatic heterocycles. The fourth-order valence-corrected chi connectivity index (χ4v) is 4.27. The number of aryl methyl sites for hydroxylation is 2. The maximum Gasteiger partial charge on any atom is 0.264 e. The van der Waals surface area contributed by atoms with E-state index in [0.717, 1.165) is 10.0 Å². The Morgan fingerprint density at radius 3 is 2.53 bits per heavy atom. The van der Waals surface area contributed by atoms with Crippen molar-refractivity contribution in [3.63, 3.8) is 0 Å². The first kappa shape index (κ1) is 14.5. The zero-order valence-corrected chi connectivity index (χ0v) is 14.2. The number of nitrogens with zero attached hydrogens (tertiary/aromatic N) is 2. The summed E-state index contributed by atoms with van der Waals surface area (Å²) in [5, 5.41) is 3.92. The van der Waals surface area contributed by atoms with Crippen molar-refractivity contribution in [1.82, 2.24) is 9.78 Å². The van der Waals surface area contributed by atoms with Crippen molar-refractivity contribution < 1.29 is 8.42 Å². The molecule has 0 aliphatic carbocycles. The summed E-state index contributed by atoms with van der Waals surface area (Å²) in [5.74, 6) is 0.406. The highest BCUT2D eigenvalue weighted by Gasteiger charge is 2.20. The maximum atomic E-state index is 12.3. The second kappa shape index (κ2) is 5.26. The number of benzene rings is 1. The van der Waals surface area contributed by atoms with Gasteiger partial charge in [0.15, 0.2) is 0 Å². The zero-order valence-electron chi connectivity index (χ0n) is 10.2. The van der Waals surface area contributed by atoms with Gasteiger partial charge in [-0.1, -0.05) is 15.9 Å². The van der Waals surface area contributed by atoms with E-state index >= 15 is 0 Å². The molecule has 0 saturated carbocycles. The minimum Gasteiger partial charge on any atom is -0.264 e. The van der Waals surface area contributed by atoms with Crippen LogP contribution in [0.25, 0.3) is 0 Å². The molecule has 0 radical (unpaired) electrons. The van der Waals surface area contributed by atoms with Crippen LogP contribution in [0.1, 0.15) is 5.56 Å². The Morgan fingerprint density at radius 2 is 1.95 bits per heavy atom. The van der Waals surface area contributed by atoms with Crippen molar-refractivity contribution in [1.29, 1.82) is 0 Å². The number of aromatic nitrogens is 2. The van der Waals surface area contributed by atoms with Crippen molar-refractivity contribution in [3.8, 4) is 0 Å². The third-order valence-corrected chi connectivity index (χ3v) is 5.73. The zero-order chi connectivity index (χ0) is 14.2. The van der Waals surface area contributed by atoms with Gasteiger partial charge in [-0.2, -0.15) is 5.10 Å². The SMILES string of the molecule is Cc1cc(Br)c(S(=O)(=O)Nc2ccnn2C)cc1Br. The summed E-state index contributed by atoms with van der Waals surface area (Å²) >= 11 is 6.61. The van der Waals surface area contributed by atoms with Crippen LogP contribution in [0.3, 0.4) is 0 Å². The first-order valence-electron chi connectivity index (χ1n) is 5.28. The van der Waals surface area contributed by atoms with Crippen LogP contribution in [0.2, 0.25) is 0 Å². The third kappa shape index (κ3) is 3.01. The molecule has 2 aromatic rings. The van der Waals surface area contributed by atoms with Gasteiger partial charge in [-0.3, -0.25) is 9.40 Å². The summed E-state index contributed by atoms with van der Waals surface area (Å²) in [6, 6.07) is 4.91. The Kier molecular flexibility index (Phi) is 4.03. The van der Waals surface area contributed by atoms with E-state index < -0.39 is 10.0 Å². The van der Waals surface area contributed by atoms with Gasteiger partial charge < -0.3 is 0 Å². The van der Waals surface area contributed by atoms with E-state index in [0.29, 0.717) is 10.3 Å². The molecule has 0 amide bonds. The van der Waals surface area contributed by atoms with Crippen molar-refractivity contribution in [2.45, 2.75) is 11.8 Å². The lowest BCUT2D eigenvalue weighted by Crippen LogP contribution is -2.16. The van der Waals surface area contributed by atoms with Crippen LogP contribution in [-0.2, 0) is 17.1 Å². The molecule has 0 fully saturated rings. The molecule has 1 N–H and O–H groups in total. The summed E-state index contributed by atoms with van der Waals surface area (Å²) in [4.78, 5) is 0.172. The minimum absolute atomic E-state index is 0.172. The predicted octanol–water partition coefficient (Wildman–Crippen LogP) is 3.05. The number of hydrogen-bond acceptors (Lipinski definition) is 3. The summed E-state index contributed by atoms with van der Waals surface area (Å²) in [5.41, 5.74) is 0.950. The van der Waals surface area contributed by atoms with Gasteiger partial charge in [-0.25, -0.2) is 8.42 Å². The van der Waals surface area contributed by atoms with E-state index in [-0.39, 0.29) is 4.90 Å². The van der Waals surface area contributed by atoms with Gasteiger partial charge in [-0.15, -0.1) is 0 Å². The van der Waals surface area contributed by atoms with Gasteiger partial charge >= 0.3 is 0 Å². The molecule has 1 heterocycles. The van der Waals surface area contributed by atoms with Gasteiger partial charge in [0.25, 0.3) is 10.0 Å². The molecule has 5 nitrogen and oxygen atoms in total. The normalized spacial score (nSPS) is 11.6. The first-order chi connectivity index (χ1) is 8.81. The second-order valence-corrected chi connectivity index (χ2v) is 7.34. The average Bonchev–Trinajstić information content (AvgIpc) is 2.69. The highest BCUT2D eigenvalue weighted by molar-refractivity contribution is 9.11. The Labute approximate surface area is 128 Å². The van der Waals surface area contributed by atoms with Gasteiger partial charge in [0, 0.05) is 22.1 Å². The number of nitrogens with one attached hydrogen (secondary N) is 1. The topological polar surface area (TPSA) is 64.0 Å². The van der Waals surface area contributed by atoms with Crippen LogP contribution >= 0.6 is 31.9 Å². The summed E-state index contributed by atoms with van der Waals surface area (Å²) < 4.78 is 29.9. The molecule has 0 unspecified atom stereocenters. The molecule has 0 saturated heterocycles. The van der Waals surface area contributed by atoms with Crippen LogP contribution in [0, 0.1) is 6.92 Å². The molecule has 0 aliphatic rings. The molecular formula is C11H11Br2N3O2S. The lowest BCUT2D eigenvalue weighted by Gasteiger charge is -2.11. The molecular weight excluding hydrogens is 398 g/mol. The van der Waals surface area contributed by atoms with Gasteiger partial charge in [0.05, 0.1) is 6.20 Å². The third-order valence-electron chi connectivity index (χ3n) is 2.56. The lowest BCUT2D eigenvalue weighted by atomic mass is 10.2. The molecule has 2 rings (SSSR count). The molecule has 0 aliphatic heterocycles. The number of sulfonamides is 1. The van der Waals surface area contributed by atoms with Crippen molar-refractivity contribution >= 4 is 47.7 Å². The van der Waals surface area contributed by atoms with Gasteiger partial charge in [0.1, 0.15) is 10.7 Å². The Morgan fingerprint density at radius 1 is 1.26 bits per heavy atom. The minimum atomic E-state index is -3.66. The second-order valence-electron chi connectivity index (χ2n) is 3.98. The fourth-order valence-electron chi connectivity index (χ4n) is 1.50. The monoisotopic (exact) mass is 407 g/mol. The van der Waals surface area contributed by atoms with E-state index in [1.165, 1.54) is 10.9 Å². The quantitative estimate of drug-likeness (QED) is 0.848. The van der Waals surface area contributed by atoms with Gasteiger partial charge in [-0.05, 0) is 40.5 Å². The van der Waals surface area contributed by atoms with E-state index in [4.69, 9.17) is 0 Å². The maximum absolute atomic E-state index is 12.3. The van der Waals surface area contributed by atoms with Crippen LogP contribution in [0.15, 0.2) is 38.2 Å². The number of halogens is 2. The molecule has 0 atom stereocenters. The highest BCUT2D eigenvalue weighted by Crippen LogP contribution is 2.29. The number of anilines is 1. The Bertz CT molecular complexity index is 726. The molecule has 19 heavy (non-hydrogen) atoms. The fraction of sp³-hybridized carbons (Fsp3) is 0.182. The largest absolute Gasteiger partial charge is 0.264 e.